The summed E-state index contributed by atoms with van der Waals surface area (Å²) in [5, 5.41) is 14.3. The molecule has 9 nitrogen and oxygen atoms in total. The number of rotatable bonds is 7. The first-order chi connectivity index (χ1) is 15.3. The summed E-state index contributed by atoms with van der Waals surface area (Å²) < 4.78 is 51.5. The topological polar surface area (TPSA) is 103 Å². The summed E-state index contributed by atoms with van der Waals surface area (Å²) in [6.45, 7) is -0.586. The number of pyridine rings is 1. The Hall–Kier alpha value is -2.83. The zero-order chi connectivity index (χ0) is 22.7. The minimum atomic E-state index is -4.72. The highest BCUT2D eigenvalue weighted by Crippen LogP contribution is 2.24. The fourth-order valence-corrected chi connectivity index (χ4v) is 3.54. The molecule has 172 valence electrons. The molecule has 0 bridgehead atoms. The van der Waals surface area contributed by atoms with Crippen LogP contribution in [0.5, 0.6) is 6.08 Å². The Morgan fingerprint density at radius 2 is 2.12 bits per heavy atom. The standard InChI is InChI=1S/C19H19ClF3N5O4/c20-12-1-3-14-7-11(9-28(14)10-12)16(29)25-13-2-4-15(24-8-13)17-26-27-18(32-17)30-5-6-31-19(21,22)23/h1,3,7,9-10,13,15,24H,2,4-6,8H2,(H,25,29)/t13-,15+/m0/s1. The average molecular weight is 474 g/mol. The van der Waals surface area contributed by atoms with Crippen LogP contribution >= 0.6 is 11.6 Å². The van der Waals surface area contributed by atoms with E-state index >= 15 is 0 Å². The van der Waals surface area contributed by atoms with Crippen molar-refractivity contribution in [2.24, 2.45) is 0 Å². The van der Waals surface area contributed by atoms with Crippen molar-refractivity contribution in [3.05, 3.63) is 47.1 Å². The Morgan fingerprint density at radius 1 is 1.28 bits per heavy atom. The van der Waals surface area contributed by atoms with Crippen molar-refractivity contribution in [1.29, 1.82) is 0 Å². The number of aromatic nitrogens is 3. The van der Waals surface area contributed by atoms with E-state index in [2.05, 4.69) is 25.6 Å². The molecule has 1 amide bonds. The molecule has 1 saturated heterocycles. The number of alkyl halides is 3. The number of hydrogen-bond donors (Lipinski definition) is 2. The summed E-state index contributed by atoms with van der Waals surface area (Å²) >= 11 is 5.98. The number of hydrogen-bond acceptors (Lipinski definition) is 7. The molecule has 0 unspecified atom stereocenters. The van der Waals surface area contributed by atoms with Gasteiger partial charge in [0.2, 0.25) is 5.89 Å². The lowest BCUT2D eigenvalue weighted by atomic mass is 10.0. The molecule has 0 saturated carbocycles. The molecular formula is C19H19ClF3N5O4. The fourth-order valence-electron chi connectivity index (χ4n) is 3.37. The van der Waals surface area contributed by atoms with Crippen LogP contribution in [0, 0.1) is 0 Å². The Morgan fingerprint density at radius 3 is 2.88 bits per heavy atom. The van der Waals surface area contributed by atoms with E-state index in [4.69, 9.17) is 20.8 Å². The first kappa shape index (κ1) is 22.4. The maximum absolute atomic E-state index is 12.6. The minimum absolute atomic E-state index is 0.0940. The van der Waals surface area contributed by atoms with E-state index in [1.54, 1.807) is 28.9 Å². The molecule has 0 radical (unpaired) electrons. The van der Waals surface area contributed by atoms with Crippen molar-refractivity contribution >= 4 is 23.0 Å². The quantitative estimate of drug-likeness (QED) is 0.508. The number of carbonyl (C=O) groups is 1. The zero-order valence-electron chi connectivity index (χ0n) is 16.6. The van der Waals surface area contributed by atoms with Gasteiger partial charge in [-0.3, -0.25) is 9.53 Å². The van der Waals surface area contributed by atoms with Gasteiger partial charge in [0.1, 0.15) is 6.61 Å². The number of fused-ring (bicyclic) bond motifs is 1. The van der Waals surface area contributed by atoms with Crippen molar-refractivity contribution in [2.45, 2.75) is 31.3 Å². The van der Waals surface area contributed by atoms with Gasteiger partial charge in [0.25, 0.3) is 5.91 Å². The predicted octanol–water partition coefficient (Wildman–Crippen LogP) is 3.11. The summed E-state index contributed by atoms with van der Waals surface area (Å²) in [5.74, 6) is 0.0710. The van der Waals surface area contributed by atoms with Crippen molar-refractivity contribution < 1.29 is 31.9 Å². The number of ether oxygens (including phenoxy) is 2. The summed E-state index contributed by atoms with van der Waals surface area (Å²) in [4.78, 5) is 12.6. The van der Waals surface area contributed by atoms with Gasteiger partial charge < -0.3 is 24.2 Å². The molecule has 13 heteroatoms. The van der Waals surface area contributed by atoms with Crippen LogP contribution in [0.2, 0.25) is 5.02 Å². The van der Waals surface area contributed by atoms with Crippen LogP contribution in [0.15, 0.2) is 35.0 Å². The van der Waals surface area contributed by atoms with E-state index in [-0.39, 0.29) is 36.6 Å². The average Bonchev–Trinajstić information content (AvgIpc) is 3.38. The molecule has 32 heavy (non-hydrogen) atoms. The number of halogens is 4. The van der Waals surface area contributed by atoms with E-state index in [0.29, 0.717) is 30.0 Å². The number of carbonyl (C=O) groups excluding carboxylic acids is 1. The number of nitrogens with zero attached hydrogens (tertiary/aromatic N) is 3. The molecule has 2 N–H and O–H groups in total. The fraction of sp³-hybridized carbons (Fsp3) is 0.421. The monoisotopic (exact) mass is 473 g/mol. The van der Waals surface area contributed by atoms with Crippen molar-refractivity contribution in [2.75, 3.05) is 19.8 Å². The molecular weight excluding hydrogens is 455 g/mol. The van der Waals surface area contributed by atoms with Crippen LogP contribution in [-0.2, 0) is 4.74 Å². The van der Waals surface area contributed by atoms with Crippen LogP contribution in [0.1, 0.15) is 35.1 Å². The molecule has 1 aliphatic heterocycles. The molecule has 1 fully saturated rings. The largest absolute Gasteiger partial charge is 0.522 e. The third-order valence-electron chi connectivity index (χ3n) is 4.86. The van der Waals surface area contributed by atoms with Crippen LogP contribution < -0.4 is 15.4 Å². The maximum atomic E-state index is 12.6. The molecule has 2 atom stereocenters. The normalized spacial score (nSPS) is 19.2. The predicted molar refractivity (Wildman–Crippen MR) is 105 cm³/mol. The van der Waals surface area contributed by atoms with Crippen LogP contribution in [-0.4, -0.2) is 52.7 Å². The lowest BCUT2D eigenvalue weighted by Crippen LogP contribution is -2.46. The third-order valence-corrected chi connectivity index (χ3v) is 5.09. The minimum Gasteiger partial charge on any atom is -0.447 e. The molecule has 0 spiro atoms. The van der Waals surface area contributed by atoms with Gasteiger partial charge in [-0.1, -0.05) is 16.7 Å². The van der Waals surface area contributed by atoms with Crippen molar-refractivity contribution in [3.8, 4) is 6.08 Å². The highest BCUT2D eigenvalue weighted by Gasteiger charge is 2.29. The molecule has 4 rings (SSSR count). The summed E-state index contributed by atoms with van der Waals surface area (Å²) in [5.41, 5.74) is 1.39. The molecule has 3 aromatic heterocycles. The van der Waals surface area contributed by atoms with Crippen LogP contribution in [0.3, 0.4) is 0 Å². The van der Waals surface area contributed by atoms with Gasteiger partial charge in [-0.2, -0.15) is 0 Å². The van der Waals surface area contributed by atoms with E-state index < -0.39 is 13.0 Å². The Bertz CT molecular complexity index is 1080. The summed E-state index contributed by atoms with van der Waals surface area (Å²) in [6, 6.07) is 5.03. The van der Waals surface area contributed by atoms with E-state index in [1.165, 1.54) is 0 Å². The molecule has 0 aliphatic carbocycles. The first-order valence-corrected chi connectivity index (χ1v) is 10.1. The Kier molecular flexibility index (Phi) is 6.53. The van der Waals surface area contributed by atoms with Gasteiger partial charge in [-0.25, -0.2) is 0 Å². The van der Waals surface area contributed by atoms with E-state index in [1.807, 2.05) is 6.07 Å². The van der Waals surface area contributed by atoms with Gasteiger partial charge in [-0.15, -0.1) is 18.3 Å². The number of piperidine rings is 1. The molecule has 4 heterocycles. The van der Waals surface area contributed by atoms with Gasteiger partial charge in [0.05, 0.1) is 23.2 Å². The first-order valence-electron chi connectivity index (χ1n) is 9.75. The van der Waals surface area contributed by atoms with E-state index in [0.717, 1.165) is 5.52 Å². The van der Waals surface area contributed by atoms with E-state index in [9.17, 15) is 18.0 Å². The molecule has 0 aromatic carbocycles. The zero-order valence-corrected chi connectivity index (χ0v) is 17.3. The third kappa shape index (κ3) is 5.69. The second-order valence-corrected chi connectivity index (χ2v) is 7.60. The highest BCUT2D eigenvalue weighted by molar-refractivity contribution is 6.30. The SMILES string of the molecule is O=C(N[C@H]1CC[C@H](c2nnc(OCCOC(F)(F)F)o2)NC1)c1cc2ccc(Cl)cn2c1. The smallest absolute Gasteiger partial charge is 0.447 e. The highest BCUT2D eigenvalue weighted by atomic mass is 35.5. The molecule has 3 aromatic rings. The van der Waals surface area contributed by atoms with Crippen molar-refractivity contribution in [1.82, 2.24) is 25.2 Å². The Labute approximate surface area is 184 Å². The summed E-state index contributed by atoms with van der Waals surface area (Å²) in [7, 11) is 0. The van der Waals surface area contributed by atoms with Crippen molar-refractivity contribution in [3.63, 3.8) is 0 Å². The lowest BCUT2D eigenvalue weighted by Gasteiger charge is -2.28. The van der Waals surface area contributed by atoms with Gasteiger partial charge in [0, 0.05) is 30.5 Å². The maximum Gasteiger partial charge on any atom is 0.522 e. The number of nitrogens with one attached hydrogen (secondary N) is 2. The molecule has 1 aliphatic rings. The second kappa shape index (κ2) is 9.35. The Balaban J connectivity index is 1.24. The second-order valence-electron chi connectivity index (χ2n) is 7.17. The van der Waals surface area contributed by atoms with Gasteiger partial charge >= 0.3 is 12.4 Å². The van der Waals surface area contributed by atoms with Gasteiger partial charge in [0.15, 0.2) is 0 Å². The van der Waals surface area contributed by atoms with Gasteiger partial charge in [-0.05, 0) is 31.0 Å². The lowest BCUT2D eigenvalue weighted by molar-refractivity contribution is -0.325. The van der Waals surface area contributed by atoms with Crippen LogP contribution in [0.25, 0.3) is 5.52 Å². The number of amides is 1. The van der Waals surface area contributed by atoms with Crippen LogP contribution in [0.4, 0.5) is 13.2 Å². The summed E-state index contributed by atoms with van der Waals surface area (Å²) in [6.07, 6.45) is -0.229.